The summed E-state index contributed by atoms with van der Waals surface area (Å²) in [5.41, 5.74) is 1.26. The van der Waals surface area contributed by atoms with Crippen LogP contribution in [0.15, 0.2) is 71.6 Å². The van der Waals surface area contributed by atoms with Crippen LogP contribution in [0.2, 0.25) is 0 Å². The number of nitrogens with one attached hydrogen (secondary N) is 1. The Kier molecular flexibility index (Phi) is 8.18. The molecule has 35 heavy (non-hydrogen) atoms. The third kappa shape index (κ3) is 6.63. The Labute approximate surface area is 204 Å². The van der Waals surface area contributed by atoms with E-state index >= 15 is 0 Å². The van der Waals surface area contributed by atoms with Gasteiger partial charge in [0.2, 0.25) is 0 Å². The maximum atomic E-state index is 13.1. The second-order valence-corrected chi connectivity index (χ2v) is 9.40. The van der Waals surface area contributed by atoms with Crippen molar-refractivity contribution in [1.82, 2.24) is 4.90 Å². The lowest BCUT2D eigenvalue weighted by molar-refractivity contribution is 0.193. The van der Waals surface area contributed by atoms with Crippen LogP contribution in [0.1, 0.15) is 19.4 Å². The third-order valence-corrected chi connectivity index (χ3v) is 6.38. The molecule has 0 saturated heterocycles. The number of hydrogen-bond donors (Lipinski definition) is 1. The molecule has 0 saturated carbocycles. The maximum absolute atomic E-state index is 13.1. The number of urea groups is 1. The summed E-state index contributed by atoms with van der Waals surface area (Å²) in [5, 5.41) is 2.85. The van der Waals surface area contributed by atoms with E-state index in [1.807, 2.05) is 13.8 Å². The molecule has 0 aliphatic heterocycles. The fourth-order valence-corrected chi connectivity index (χ4v) is 4.13. The van der Waals surface area contributed by atoms with Gasteiger partial charge in [-0.3, -0.25) is 0 Å². The molecule has 3 aromatic carbocycles. The largest absolute Gasteiger partial charge is 0.497 e. The Hall–Kier alpha value is -3.79. The van der Waals surface area contributed by atoms with Gasteiger partial charge in [-0.2, -0.15) is 8.42 Å². The number of ether oxygens (including phenoxy) is 2. The highest BCUT2D eigenvalue weighted by molar-refractivity contribution is 7.87. The van der Waals surface area contributed by atoms with Crippen LogP contribution in [-0.4, -0.2) is 39.6 Å². The molecule has 8 nitrogen and oxygen atoms in total. The summed E-state index contributed by atoms with van der Waals surface area (Å²) in [7, 11) is -1.05. The Morgan fingerprint density at radius 1 is 0.943 bits per heavy atom. The summed E-state index contributed by atoms with van der Waals surface area (Å²) in [6.07, 6.45) is 0. The first-order valence-electron chi connectivity index (χ1n) is 10.7. The van der Waals surface area contributed by atoms with Crippen molar-refractivity contribution in [3.63, 3.8) is 0 Å². The SMILES string of the molecule is COc1ccc(NC(=O)N(Cc2ccc(OS(=O)(=O)c3ccc(F)cc3)cc2)C(C)C)c(OC)c1. The number of benzene rings is 3. The van der Waals surface area contributed by atoms with Gasteiger partial charge in [-0.15, -0.1) is 0 Å². The normalized spacial score (nSPS) is 11.1. The first-order valence-corrected chi connectivity index (χ1v) is 12.1. The van der Waals surface area contributed by atoms with Crippen molar-refractivity contribution in [3.8, 4) is 17.2 Å². The van der Waals surface area contributed by atoms with Gasteiger partial charge in [0, 0.05) is 18.7 Å². The molecule has 186 valence electrons. The molecule has 0 fully saturated rings. The first-order chi connectivity index (χ1) is 16.6. The smallest absolute Gasteiger partial charge is 0.339 e. The van der Waals surface area contributed by atoms with Gasteiger partial charge in [0.15, 0.2) is 0 Å². The van der Waals surface area contributed by atoms with E-state index < -0.39 is 15.9 Å². The minimum absolute atomic E-state index is 0.0987. The van der Waals surface area contributed by atoms with E-state index in [-0.39, 0.29) is 29.3 Å². The minimum atomic E-state index is -4.10. The maximum Gasteiger partial charge on any atom is 0.339 e. The Bertz CT molecular complexity index is 1260. The van der Waals surface area contributed by atoms with Gasteiger partial charge in [-0.25, -0.2) is 9.18 Å². The van der Waals surface area contributed by atoms with Crippen molar-refractivity contribution in [2.75, 3.05) is 19.5 Å². The quantitative estimate of drug-likeness (QED) is 0.412. The van der Waals surface area contributed by atoms with E-state index in [1.54, 1.807) is 42.3 Å². The highest BCUT2D eigenvalue weighted by atomic mass is 32.2. The predicted octanol–water partition coefficient (Wildman–Crippen LogP) is 5.05. The van der Waals surface area contributed by atoms with E-state index in [9.17, 15) is 17.6 Å². The third-order valence-electron chi connectivity index (χ3n) is 5.12. The monoisotopic (exact) mass is 502 g/mol. The molecule has 3 rings (SSSR count). The summed E-state index contributed by atoms with van der Waals surface area (Å²) in [6, 6.07) is 15.3. The lowest BCUT2D eigenvalue weighted by atomic mass is 10.2. The molecule has 10 heteroatoms. The van der Waals surface area contributed by atoms with E-state index in [0.717, 1.165) is 29.8 Å². The first kappa shape index (κ1) is 25.8. The highest BCUT2D eigenvalue weighted by Gasteiger charge is 2.20. The number of hydrogen-bond acceptors (Lipinski definition) is 6. The van der Waals surface area contributed by atoms with Crippen molar-refractivity contribution in [2.45, 2.75) is 31.3 Å². The number of anilines is 1. The van der Waals surface area contributed by atoms with Gasteiger partial charge in [0.05, 0.1) is 19.9 Å². The summed E-state index contributed by atoms with van der Waals surface area (Å²) in [6.45, 7) is 4.04. The molecule has 0 atom stereocenters. The van der Waals surface area contributed by atoms with Crippen LogP contribution in [-0.2, 0) is 16.7 Å². The molecular weight excluding hydrogens is 475 g/mol. The second kappa shape index (κ2) is 11.1. The predicted molar refractivity (Wildman–Crippen MR) is 130 cm³/mol. The number of carbonyl (C=O) groups is 1. The van der Waals surface area contributed by atoms with Crippen LogP contribution in [0.4, 0.5) is 14.9 Å². The van der Waals surface area contributed by atoms with Crippen molar-refractivity contribution in [2.24, 2.45) is 0 Å². The van der Waals surface area contributed by atoms with Crippen molar-refractivity contribution < 1.29 is 31.3 Å². The van der Waals surface area contributed by atoms with Gasteiger partial charge in [-0.05, 0) is 67.9 Å². The molecule has 0 bridgehead atoms. The molecule has 0 unspecified atom stereocenters. The Balaban J connectivity index is 1.70. The van der Waals surface area contributed by atoms with Crippen LogP contribution in [0, 0.1) is 5.82 Å². The number of methoxy groups -OCH3 is 2. The van der Waals surface area contributed by atoms with Crippen LogP contribution in [0.5, 0.6) is 17.2 Å². The molecule has 2 amide bonds. The van der Waals surface area contributed by atoms with Gasteiger partial charge >= 0.3 is 16.1 Å². The summed E-state index contributed by atoms with van der Waals surface area (Å²) in [5.74, 6) is 0.619. The molecule has 0 heterocycles. The average Bonchev–Trinajstić information content (AvgIpc) is 2.83. The van der Waals surface area contributed by atoms with Gasteiger partial charge in [-0.1, -0.05) is 12.1 Å². The van der Waals surface area contributed by atoms with Crippen LogP contribution in [0.25, 0.3) is 0 Å². The fourth-order valence-electron chi connectivity index (χ4n) is 3.20. The average molecular weight is 503 g/mol. The number of amides is 2. The molecule has 1 N–H and O–H groups in total. The highest BCUT2D eigenvalue weighted by Crippen LogP contribution is 2.29. The number of carbonyl (C=O) groups excluding carboxylic acids is 1. The molecule has 0 aliphatic carbocycles. The van der Waals surface area contributed by atoms with Crippen LogP contribution >= 0.6 is 0 Å². The molecular formula is C25H27FN2O6S. The van der Waals surface area contributed by atoms with Gasteiger partial charge in [0.25, 0.3) is 0 Å². The lowest BCUT2D eigenvalue weighted by Crippen LogP contribution is -2.39. The Morgan fingerprint density at radius 2 is 1.57 bits per heavy atom. The number of nitrogens with zero attached hydrogens (tertiary/aromatic N) is 1. The molecule has 0 aromatic heterocycles. The standard InChI is InChI=1S/C25H27FN2O6S/c1-17(2)28(25(29)27-23-14-11-21(32-3)15-24(23)33-4)16-18-5-9-20(10-6-18)34-35(30,31)22-12-7-19(26)8-13-22/h5-15,17H,16H2,1-4H3,(H,27,29). The van der Waals surface area contributed by atoms with E-state index in [0.29, 0.717) is 17.2 Å². The fraction of sp³-hybridized carbons (Fsp3) is 0.240. The van der Waals surface area contributed by atoms with Crippen LogP contribution in [0.3, 0.4) is 0 Å². The molecule has 0 spiro atoms. The topological polar surface area (TPSA) is 94.2 Å². The van der Waals surface area contributed by atoms with Crippen molar-refractivity contribution in [1.29, 1.82) is 0 Å². The van der Waals surface area contributed by atoms with Crippen molar-refractivity contribution in [3.05, 3.63) is 78.1 Å². The molecule has 0 aliphatic rings. The molecule has 0 radical (unpaired) electrons. The zero-order chi connectivity index (χ0) is 25.6. The lowest BCUT2D eigenvalue weighted by Gasteiger charge is -2.27. The minimum Gasteiger partial charge on any atom is -0.497 e. The summed E-state index contributed by atoms with van der Waals surface area (Å²) < 4.78 is 53.5. The van der Waals surface area contributed by atoms with E-state index in [2.05, 4.69) is 5.32 Å². The number of rotatable bonds is 9. The van der Waals surface area contributed by atoms with Gasteiger partial charge < -0.3 is 23.9 Å². The zero-order valence-electron chi connectivity index (χ0n) is 19.8. The van der Waals surface area contributed by atoms with Crippen molar-refractivity contribution >= 4 is 21.8 Å². The van der Waals surface area contributed by atoms with E-state index in [4.69, 9.17) is 13.7 Å². The van der Waals surface area contributed by atoms with Crippen LogP contribution < -0.4 is 19.0 Å². The number of halogens is 1. The summed E-state index contributed by atoms with van der Waals surface area (Å²) >= 11 is 0. The zero-order valence-corrected chi connectivity index (χ0v) is 20.6. The second-order valence-electron chi connectivity index (χ2n) is 7.85. The molecule has 3 aromatic rings. The summed E-state index contributed by atoms with van der Waals surface area (Å²) in [4.78, 5) is 14.5. The Morgan fingerprint density at radius 3 is 2.14 bits per heavy atom. The van der Waals surface area contributed by atoms with E-state index in [1.165, 1.54) is 19.2 Å². The van der Waals surface area contributed by atoms with Gasteiger partial charge in [0.1, 0.15) is 28.0 Å².